The van der Waals surface area contributed by atoms with Gasteiger partial charge >= 0.3 is 5.69 Å². The maximum Gasteiger partial charge on any atom is 0.312 e. The summed E-state index contributed by atoms with van der Waals surface area (Å²) in [6.45, 7) is 4.75. The molecule has 1 atom stereocenters. The highest BCUT2D eigenvalue weighted by Crippen LogP contribution is 2.21. The molecule has 2 rings (SSSR count). The molecule has 10 heteroatoms. The van der Waals surface area contributed by atoms with Gasteiger partial charge in [0.2, 0.25) is 5.91 Å². The van der Waals surface area contributed by atoms with Gasteiger partial charge in [0.25, 0.3) is 0 Å². The predicted octanol–water partition coefficient (Wildman–Crippen LogP) is 0.404. The lowest BCUT2D eigenvalue weighted by Gasteiger charge is -2.11. The van der Waals surface area contributed by atoms with Crippen molar-refractivity contribution >= 4 is 11.6 Å². The van der Waals surface area contributed by atoms with Crippen LogP contribution in [-0.2, 0) is 11.3 Å². The zero-order chi connectivity index (χ0) is 15.6. The van der Waals surface area contributed by atoms with Gasteiger partial charge in [-0.1, -0.05) is 0 Å². The summed E-state index contributed by atoms with van der Waals surface area (Å²) in [7, 11) is 0. The van der Waals surface area contributed by atoms with E-state index in [1.54, 1.807) is 13.8 Å². The number of aromatic amines is 1. The summed E-state index contributed by atoms with van der Waals surface area (Å²) in [6.07, 6.45) is 1.35. The second-order valence-electron chi connectivity index (χ2n) is 4.59. The molecule has 2 N–H and O–H groups in total. The van der Waals surface area contributed by atoms with Crippen LogP contribution in [0.15, 0.2) is 6.33 Å². The molecule has 2 aromatic rings. The first-order valence-corrected chi connectivity index (χ1v) is 6.23. The fourth-order valence-electron chi connectivity index (χ4n) is 2.02. The van der Waals surface area contributed by atoms with E-state index in [9.17, 15) is 14.9 Å². The third-order valence-corrected chi connectivity index (χ3v) is 3.04. The number of carbonyl (C=O) groups is 1. The SMILES string of the molecule is Cc1nn(CC(=O)NC(C)c2ncn[nH]2)c(C)c1[N+](=O)[O-]. The Morgan fingerprint density at radius 2 is 2.29 bits per heavy atom. The fraction of sp³-hybridized carbons (Fsp3) is 0.455. The zero-order valence-corrected chi connectivity index (χ0v) is 11.8. The van der Waals surface area contributed by atoms with Crippen LogP contribution >= 0.6 is 0 Å². The third kappa shape index (κ3) is 3.04. The molecule has 0 aliphatic carbocycles. The minimum Gasteiger partial charge on any atom is -0.345 e. The van der Waals surface area contributed by atoms with Crippen molar-refractivity contribution in [2.75, 3.05) is 0 Å². The van der Waals surface area contributed by atoms with Crippen LogP contribution in [0.4, 0.5) is 5.69 Å². The van der Waals surface area contributed by atoms with Crippen LogP contribution in [0.3, 0.4) is 0 Å². The van der Waals surface area contributed by atoms with Gasteiger partial charge in [0.1, 0.15) is 30.1 Å². The molecule has 0 spiro atoms. The molecular weight excluding hydrogens is 278 g/mol. The number of hydrogen-bond acceptors (Lipinski definition) is 6. The van der Waals surface area contributed by atoms with Crippen LogP contribution in [0.1, 0.15) is 30.2 Å². The Kier molecular flexibility index (Phi) is 3.96. The lowest BCUT2D eigenvalue weighted by molar-refractivity contribution is -0.386. The summed E-state index contributed by atoms with van der Waals surface area (Å²) >= 11 is 0. The summed E-state index contributed by atoms with van der Waals surface area (Å²) in [4.78, 5) is 26.3. The molecule has 0 aliphatic rings. The van der Waals surface area contributed by atoms with Gasteiger partial charge in [-0.25, -0.2) is 4.98 Å². The molecule has 0 saturated carbocycles. The Bertz CT molecular complexity index is 662. The lowest BCUT2D eigenvalue weighted by Crippen LogP contribution is -2.31. The molecule has 0 radical (unpaired) electrons. The molecule has 2 heterocycles. The third-order valence-electron chi connectivity index (χ3n) is 3.04. The number of rotatable bonds is 5. The van der Waals surface area contributed by atoms with Crippen molar-refractivity contribution in [3.8, 4) is 0 Å². The normalized spacial score (nSPS) is 12.1. The van der Waals surface area contributed by atoms with Gasteiger partial charge in [-0.15, -0.1) is 0 Å². The molecular formula is C11H15N7O3. The molecule has 0 fully saturated rings. The number of aromatic nitrogens is 5. The van der Waals surface area contributed by atoms with Crippen LogP contribution in [0.25, 0.3) is 0 Å². The minimum atomic E-state index is -0.497. The Morgan fingerprint density at radius 1 is 1.57 bits per heavy atom. The molecule has 1 unspecified atom stereocenters. The zero-order valence-electron chi connectivity index (χ0n) is 11.8. The number of hydrogen-bond donors (Lipinski definition) is 2. The molecule has 0 aromatic carbocycles. The van der Waals surface area contributed by atoms with Gasteiger partial charge in [-0.05, 0) is 20.8 Å². The molecule has 10 nitrogen and oxygen atoms in total. The number of nitrogens with zero attached hydrogens (tertiary/aromatic N) is 5. The van der Waals surface area contributed by atoms with Crippen molar-refractivity contribution in [1.29, 1.82) is 0 Å². The quantitative estimate of drug-likeness (QED) is 0.606. The molecule has 112 valence electrons. The largest absolute Gasteiger partial charge is 0.345 e. The van der Waals surface area contributed by atoms with Crippen LogP contribution in [-0.4, -0.2) is 35.8 Å². The molecule has 21 heavy (non-hydrogen) atoms. The highest BCUT2D eigenvalue weighted by molar-refractivity contribution is 5.76. The van der Waals surface area contributed by atoms with E-state index in [-0.39, 0.29) is 29.9 Å². The van der Waals surface area contributed by atoms with Crippen LogP contribution < -0.4 is 5.32 Å². The van der Waals surface area contributed by atoms with E-state index in [1.165, 1.54) is 17.9 Å². The van der Waals surface area contributed by atoms with Crippen molar-refractivity contribution in [2.45, 2.75) is 33.4 Å². The first-order valence-electron chi connectivity index (χ1n) is 6.23. The topological polar surface area (TPSA) is 132 Å². The number of carbonyl (C=O) groups excluding carboxylic acids is 1. The average molecular weight is 293 g/mol. The second kappa shape index (κ2) is 5.69. The molecule has 0 aliphatic heterocycles. The predicted molar refractivity (Wildman–Crippen MR) is 71.3 cm³/mol. The maximum absolute atomic E-state index is 12.0. The number of aryl methyl sites for hydroxylation is 1. The number of H-pyrrole nitrogens is 1. The fourth-order valence-corrected chi connectivity index (χ4v) is 2.02. The summed E-state index contributed by atoms with van der Waals surface area (Å²) in [5.74, 6) is 0.210. The van der Waals surface area contributed by atoms with Crippen LogP contribution in [0.2, 0.25) is 0 Å². The van der Waals surface area contributed by atoms with Crippen molar-refractivity contribution in [3.05, 3.63) is 33.7 Å². The van der Waals surface area contributed by atoms with E-state index < -0.39 is 4.92 Å². The second-order valence-corrected chi connectivity index (χ2v) is 4.59. The lowest BCUT2D eigenvalue weighted by atomic mass is 10.3. The summed E-state index contributed by atoms with van der Waals surface area (Å²) in [5.41, 5.74) is 0.569. The van der Waals surface area contributed by atoms with E-state index in [4.69, 9.17) is 0 Å². The average Bonchev–Trinajstić information content (AvgIpc) is 2.98. The number of amides is 1. The Hall–Kier alpha value is -2.78. The van der Waals surface area contributed by atoms with Crippen molar-refractivity contribution in [1.82, 2.24) is 30.3 Å². The Morgan fingerprint density at radius 3 is 2.81 bits per heavy atom. The summed E-state index contributed by atoms with van der Waals surface area (Å²) < 4.78 is 1.32. The molecule has 0 saturated heterocycles. The minimum absolute atomic E-state index is 0.0638. The summed E-state index contributed by atoms with van der Waals surface area (Å²) in [5, 5.41) is 24.0. The maximum atomic E-state index is 12.0. The summed E-state index contributed by atoms with van der Waals surface area (Å²) in [6, 6.07) is -0.341. The van der Waals surface area contributed by atoms with E-state index in [0.717, 1.165) is 0 Å². The highest BCUT2D eigenvalue weighted by Gasteiger charge is 2.23. The molecule has 0 bridgehead atoms. The van der Waals surface area contributed by atoms with Gasteiger partial charge in [0, 0.05) is 0 Å². The van der Waals surface area contributed by atoms with Gasteiger partial charge in [0.15, 0.2) is 0 Å². The molecule has 2 aromatic heterocycles. The van der Waals surface area contributed by atoms with E-state index in [1.807, 2.05) is 0 Å². The number of nitrogens with one attached hydrogen (secondary N) is 2. The standard InChI is InChI=1S/C11H15N7O3/c1-6-10(18(20)21)8(3)17(16-6)4-9(19)14-7(2)11-12-5-13-15-11/h5,7H,4H2,1-3H3,(H,14,19)(H,12,13,15). The van der Waals surface area contributed by atoms with Crippen LogP contribution in [0.5, 0.6) is 0 Å². The highest BCUT2D eigenvalue weighted by atomic mass is 16.6. The van der Waals surface area contributed by atoms with Crippen molar-refractivity contribution in [2.24, 2.45) is 0 Å². The smallest absolute Gasteiger partial charge is 0.312 e. The van der Waals surface area contributed by atoms with Gasteiger partial charge in [-0.2, -0.15) is 10.2 Å². The van der Waals surface area contributed by atoms with Gasteiger partial charge in [0.05, 0.1) is 11.0 Å². The van der Waals surface area contributed by atoms with E-state index >= 15 is 0 Å². The van der Waals surface area contributed by atoms with Crippen LogP contribution in [0, 0.1) is 24.0 Å². The van der Waals surface area contributed by atoms with Gasteiger partial charge in [-0.3, -0.25) is 24.7 Å². The first kappa shape index (κ1) is 14.6. The Labute approximate surface area is 119 Å². The van der Waals surface area contributed by atoms with Crippen molar-refractivity contribution in [3.63, 3.8) is 0 Å². The molecule has 1 amide bonds. The monoisotopic (exact) mass is 293 g/mol. The van der Waals surface area contributed by atoms with Gasteiger partial charge < -0.3 is 5.32 Å². The number of nitro groups is 1. The Balaban J connectivity index is 2.07. The van der Waals surface area contributed by atoms with Crippen molar-refractivity contribution < 1.29 is 9.72 Å². The van der Waals surface area contributed by atoms with E-state index in [2.05, 4.69) is 25.6 Å². The first-order chi connectivity index (χ1) is 9.90. The van der Waals surface area contributed by atoms with E-state index in [0.29, 0.717) is 11.5 Å².